The van der Waals surface area contributed by atoms with Crippen LogP contribution in [0.2, 0.25) is 0 Å². The lowest BCUT2D eigenvalue weighted by Gasteiger charge is -2.49. The smallest absolute Gasteiger partial charge is 0.217 e. The van der Waals surface area contributed by atoms with Crippen LogP contribution in [0.25, 0.3) is 0 Å². The molecular formula is C37H65N3O25. The molecule has 4 rings (SSSR count). The van der Waals surface area contributed by atoms with Crippen LogP contribution in [-0.4, -0.2) is 264 Å². The van der Waals surface area contributed by atoms with E-state index in [0.29, 0.717) is 0 Å². The van der Waals surface area contributed by atoms with Gasteiger partial charge in [-0.2, -0.15) is 0 Å². The fraction of sp³-hybridized carbons (Fsp3) is 0.919. The molecule has 0 aromatic heterocycles. The molecule has 0 radical (unpaired) electrons. The Morgan fingerprint density at radius 2 is 0.985 bits per heavy atom. The summed E-state index contributed by atoms with van der Waals surface area (Å²) < 4.78 is 51.8. The lowest BCUT2D eigenvalue weighted by atomic mass is 9.92. The van der Waals surface area contributed by atoms with Gasteiger partial charge in [0.1, 0.15) is 97.5 Å². The van der Waals surface area contributed by atoms with Crippen LogP contribution in [0.3, 0.4) is 0 Å². The van der Waals surface area contributed by atoms with Crippen molar-refractivity contribution in [2.75, 3.05) is 33.0 Å². The van der Waals surface area contributed by atoms with Crippen molar-refractivity contribution in [1.29, 1.82) is 0 Å². The number of hydrogen-bond donors (Lipinski definition) is 16. The van der Waals surface area contributed by atoms with Gasteiger partial charge >= 0.3 is 0 Å². The summed E-state index contributed by atoms with van der Waals surface area (Å²) in [5.41, 5.74) is 0. The second kappa shape index (κ2) is 24.7. The SMILES string of the molecule is CC(=O)NC1C(C)OC(CO)C(OC2OC(CO)C(OC(OC(COC3OC(CO)C(O)C(O)C3O[C@@H]3O[C@@H](CO)C(O)C(O)C3NC(C)=O)[C@H](C)O)C(O)O)C(O)C2NC(C)=O)C1O. The molecule has 0 aromatic carbocycles. The predicted molar refractivity (Wildman–Crippen MR) is 207 cm³/mol. The molecule has 4 saturated heterocycles. The van der Waals surface area contributed by atoms with Crippen molar-refractivity contribution < 1.29 is 123 Å². The van der Waals surface area contributed by atoms with Crippen molar-refractivity contribution in [3.63, 3.8) is 0 Å². The zero-order valence-electron chi connectivity index (χ0n) is 36.1. The summed E-state index contributed by atoms with van der Waals surface area (Å²) in [6.07, 6.45) is -36.0. The molecule has 16 N–H and O–H groups in total. The van der Waals surface area contributed by atoms with E-state index in [4.69, 9.17) is 42.6 Å². The van der Waals surface area contributed by atoms with Gasteiger partial charge < -0.3 is 125 Å². The first-order chi connectivity index (χ1) is 30.6. The van der Waals surface area contributed by atoms with Crippen LogP contribution in [0.15, 0.2) is 0 Å². The topological polar surface area (TPSA) is 433 Å². The molecule has 65 heavy (non-hydrogen) atoms. The predicted octanol–water partition coefficient (Wildman–Crippen LogP) is -9.83. The van der Waals surface area contributed by atoms with E-state index in [1.54, 1.807) is 0 Å². The molecular weight excluding hydrogens is 886 g/mol. The highest BCUT2D eigenvalue weighted by Crippen LogP contribution is 2.33. The summed E-state index contributed by atoms with van der Waals surface area (Å²) in [4.78, 5) is 36.3. The minimum absolute atomic E-state index is 0.530. The van der Waals surface area contributed by atoms with Gasteiger partial charge in [-0.15, -0.1) is 0 Å². The van der Waals surface area contributed by atoms with Crippen LogP contribution in [0, 0.1) is 0 Å². The number of carbonyl (C=O) groups is 3. The Morgan fingerprint density at radius 1 is 0.554 bits per heavy atom. The molecule has 4 heterocycles. The van der Waals surface area contributed by atoms with Gasteiger partial charge in [0.05, 0.1) is 51.3 Å². The van der Waals surface area contributed by atoms with Crippen molar-refractivity contribution in [1.82, 2.24) is 16.0 Å². The fourth-order valence-electron chi connectivity index (χ4n) is 7.85. The standard InChI is InChI=1S/C37H65N3O25/c1-11(45)20(10-57-36-32(29(54)25(50)17(7-42)60-36)65-34-22(39-14(4)47)26(51)24(49)16(6-41)59-34)62-37(33(55)56)64-31-19(9-44)61-35(23(28(31)53)40-15(5)48)63-30-18(8-43)58-12(2)21(27(30)52)38-13(3)46/h11-12,16-37,41-45,49-56H,6-10H2,1-5H3,(H,38,46)(H,39,47)(H,40,48)/t11-,12?,16-,17?,18?,19?,20?,21?,22?,23?,24?,25?,26?,27?,28?,29?,30?,31?,32?,34-,35?,36?,37?/m0/s1. The van der Waals surface area contributed by atoms with Crippen molar-refractivity contribution in [2.24, 2.45) is 0 Å². The van der Waals surface area contributed by atoms with E-state index < -0.39 is 198 Å². The molecule has 0 saturated carbocycles. The van der Waals surface area contributed by atoms with Crippen LogP contribution in [0.4, 0.5) is 0 Å². The maximum absolute atomic E-state index is 12.4. The molecule has 0 spiro atoms. The van der Waals surface area contributed by atoms with Gasteiger partial charge in [-0.1, -0.05) is 0 Å². The Hall–Kier alpha value is -2.47. The lowest BCUT2D eigenvalue weighted by Crippen LogP contribution is -2.69. The average molecular weight is 952 g/mol. The van der Waals surface area contributed by atoms with E-state index >= 15 is 0 Å². The van der Waals surface area contributed by atoms with E-state index in [0.717, 1.165) is 13.8 Å². The highest BCUT2D eigenvalue weighted by atomic mass is 16.8. The molecule has 0 aliphatic carbocycles. The summed E-state index contributed by atoms with van der Waals surface area (Å²) in [6.45, 7) is 1.83. The van der Waals surface area contributed by atoms with E-state index in [-0.39, 0.29) is 0 Å². The highest BCUT2D eigenvalue weighted by Gasteiger charge is 2.54. The number of rotatable bonds is 20. The van der Waals surface area contributed by atoms with Gasteiger partial charge in [0.15, 0.2) is 18.9 Å². The van der Waals surface area contributed by atoms with Crippen molar-refractivity contribution in [3.05, 3.63) is 0 Å². The first-order valence-electron chi connectivity index (χ1n) is 20.8. The Balaban J connectivity index is 1.55. The largest absolute Gasteiger partial charge is 0.394 e. The van der Waals surface area contributed by atoms with Gasteiger partial charge in [0.2, 0.25) is 30.3 Å². The third-order valence-corrected chi connectivity index (χ3v) is 11.2. The van der Waals surface area contributed by atoms with Crippen LogP contribution in [-0.2, 0) is 57.0 Å². The zero-order chi connectivity index (χ0) is 48.6. The second-order valence-corrected chi connectivity index (χ2v) is 16.2. The van der Waals surface area contributed by atoms with Gasteiger partial charge in [-0.05, 0) is 13.8 Å². The lowest BCUT2D eigenvalue weighted by molar-refractivity contribution is -0.366. The molecule has 28 heteroatoms. The molecule has 4 fully saturated rings. The first kappa shape index (κ1) is 55.1. The molecule has 28 nitrogen and oxygen atoms in total. The molecule has 4 aliphatic heterocycles. The Labute approximate surface area is 371 Å². The van der Waals surface area contributed by atoms with E-state index in [1.165, 1.54) is 20.8 Å². The van der Waals surface area contributed by atoms with Crippen molar-refractivity contribution in [3.8, 4) is 0 Å². The molecule has 0 aromatic rings. The summed E-state index contributed by atoms with van der Waals surface area (Å²) >= 11 is 0. The molecule has 0 bridgehead atoms. The van der Waals surface area contributed by atoms with Crippen LogP contribution >= 0.6 is 0 Å². The van der Waals surface area contributed by atoms with Crippen molar-refractivity contribution in [2.45, 2.75) is 182 Å². The molecule has 378 valence electrons. The Bertz CT molecular complexity index is 1500. The first-order valence-corrected chi connectivity index (χ1v) is 20.8. The van der Waals surface area contributed by atoms with Gasteiger partial charge in [0, 0.05) is 20.8 Å². The Morgan fingerprint density at radius 3 is 1.48 bits per heavy atom. The monoisotopic (exact) mass is 951 g/mol. The number of aliphatic hydroxyl groups excluding tert-OH is 12. The third-order valence-electron chi connectivity index (χ3n) is 11.2. The number of carbonyl (C=O) groups excluding carboxylic acids is 3. The minimum atomic E-state index is -2.59. The van der Waals surface area contributed by atoms with E-state index in [2.05, 4.69) is 16.0 Å². The summed E-state index contributed by atoms with van der Waals surface area (Å²) in [6, 6.07) is -4.20. The third kappa shape index (κ3) is 13.6. The van der Waals surface area contributed by atoms with Gasteiger partial charge in [-0.25, -0.2) is 0 Å². The molecule has 23 atom stereocenters. The average Bonchev–Trinajstić information content (AvgIpc) is 3.24. The summed E-state index contributed by atoms with van der Waals surface area (Å²) in [7, 11) is 0. The number of amides is 3. The quantitative estimate of drug-likeness (QED) is 0.0504. The van der Waals surface area contributed by atoms with Gasteiger partial charge in [0.25, 0.3) is 0 Å². The minimum Gasteiger partial charge on any atom is -0.394 e. The second-order valence-electron chi connectivity index (χ2n) is 16.2. The highest BCUT2D eigenvalue weighted by molar-refractivity contribution is 5.74. The summed E-state index contributed by atoms with van der Waals surface area (Å²) in [5.74, 6) is -2.00. The van der Waals surface area contributed by atoms with Crippen LogP contribution in [0.1, 0.15) is 34.6 Å². The maximum atomic E-state index is 12.4. The normalized spacial score (nSPS) is 41.6. The van der Waals surface area contributed by atoms with Crippen LogP contribution in [0.5, 0.6) is 0 Å². The summed E-state index contributed by atoms with van der Waals surface area (Å²) in [5, 5.41) is 145. The maximum Gasteiger partial charge on any atom is 0.217 e. The van der Waals surface area contributed by atoms with E-state index in [9.17, 15) is 80.8 Å². The van der Waals surface area contributed by atoms with Crippen LogP contribution < -0.4 is 16.0 Å². The van der Waals surface area contributed by atoms with Gasteiger partial charge in [-0.3, -0.25) is 14.4 Å². The number of ether oxygens (including phenoxy) is 9. The number of nitrogens with one attached hydrogen (secondary N) is 3. The van der Waals surface area contributed by atoms with E-state index in [1.807, 2.05) is 0 Å². The number of hydrogen-bond acceptors (Lipinski definition) is 25. The molecule has 3 amide bonds. The number of aliphatic hydroxyl groups is 13. The zero-order valence-corrected chi connectivity index (χ0v) is 36.1. The molecule has 20 unspecified atom stereocenters. The van der Waals surface area contributed by atoms with Crippen molar-refractivity contribution >= 4 is 17.7 Å². The fourth-order valence-corrected chi connectivity index (χ4v) is 7.85. The molecule has 4 aliphatic rings. The Kier molecular flexibility index (Phi) is 21.0.